The molecule has 0 bridgehead atoms. The van der Waals surface area contributed by atoms with Gasteiger partial charge in [0.25, 0.3) is 0 Å². The molecule has 1 heterocycles. The van der Waals surface area contributed by atoms with E-state index in [1.54, 1.807) is 0 Å². The van der Waals surface area contributed by atoms with Gasteiger partial charge in [-0.25, -0.2) is 4.79 Å². The van der Waals surface area contributed by atoms with Crippen LogP contribution in [-0.4, -0.2) is 47.7 Å². The van der Waals surface area contributed by atoms with Crippen molar-refractivity contribution in [3.63, 3.8) is 0 Å². The maximum atomic E-state index is 12.8. The summed E-state index contributed by atoms with van der Waals surface area (Å²) in [5, 5.41) is 5.89. The van der Waals surface area contributed by atoms with Crippen LogP contribution in [0, 0.1) is 5.92 Å². The predicted molar refractivity (Wildman–Crippen MR) is 115 cm³/mol. The third-order valence-electron chi connectivity index (χ3n) is 4.90. The van der Waals surface area contributed by atoms with Gasteiger partial charge in [-0.3, -0.25) is 9.69 Å². The van der Waals surface area contributed by atoms with Crippen molar-refractivity contribution in [2.45, 2.75) is 78.1 Å². The van der Waals surface area contributed by atoms with Crippen LogP contribution in [0.25, 0.3) is 0 Å². The average molecular weight is 404 g/mol. The van der Waals surface area contributed by atoms with Crippen LogP contribution < -0.4 is 10.6 Å². The third kappa shape index (κ3) is 8.86. The Bertz CT molecular complexity index is 647. The first kappa shape index (κ1) is 23.2. The Hall–Kier alpha value is -2.08. The van der Waals surface area contributed by atoms with E-state index in [0.29, 0.717) is 6.42 Å². The van der Waals surface area contributed by atoms with Crippen LogP contribution in [0.15, 0.2) is 30.3 Å². The lowest BCUT2D eigenvalue weighted by Gasteiger charge is -2.33. The van der Waals surface area contributed by atoms with Crippen LogP contribution >= 0.6 is 0 Å². The number of rotatable bonds is 7. The molecule has 162 valence electrons. The van der Waals surface area contributed by atoms with E-state index < -0.39 is 17.7 Å². The smallest absolute Gasteiger partial charge is 0.408 e. The van der Waals surface area contributed by atoms with E-state index in [1.807, 2.05) is 40.7 Å². The number of carbonyl (C=O) groups is 2. The zero-order valence-corrected chi connectivity index (χ0v) is 18.5. The second-order valence-electron chi connectivity index (χ2n) is 9.37. The van der Waals surface area contributed by atoms with Gasteiger partial charge in [-0.2, -0.15) is 0 Å². The van der Waals surface area contributed by atoms with E-state index in [0.717, 1.165) is 32.5 Å². The van der Waals surface area contributed by atoms with Crippen LogP contribution in [-0.2, 0) is 16.1 Å². The van der Waals surface area contributed by atoms with Crippen molar-refractivity contribution in [3.8, 4) is 0 Å². The van der Waals surface area contributed by atoms with E-state index in [4.69, 9.17) is 4.74 Å². The molecule has 1 saturated heterocycles. The highest BCUT2D eigenvalue weighted by Gasteiger charge is 2.28. The van der Waals surface area contributed by atoms with Crippen molar-refractivity contribution in [2.24, 2.45) is 5.92 Å². The summed E-state index contributed by atoms with van der Waals surface area (Å²) >= 11 is 0. The Labute approximate surface area is 175 Å². The Kier molecular flexibility index (Phi) is 8.50. The first-order valence-corrected chi connectivity index (χ1v) is 10.7. The number of piperidine rings is 1. The van der Waals surface area contributed by atoms with Crippen molar-refractivity contribution < 1.29 is 14.3 Å². The molecule has 0 spiro atoms. The first-order chi connectivity index (χ1) is 13.6. The number of benzene rings is 1. The summed E-state index contributed by atoms with van der Waals surface area (Å²) in [5.74, 6) is 0.166. The molecule has 2 N–H and O–H groups in total. The molecular formula is C23H37N3O3. The number of likely N-dealkylation sites (tertiary alicyclic amines) is 1. The van der Waals surface area contributed by atoms with E-state index in [9.17, 15) is 9.59 Å². The van der Waals surface area contributed by atoms with Crippen LogP contribution in [0.4, 0.5) is 4.79 Å². The number of carbonyl (C=O) groups excluding carboxylic acids is 2. The molecule has 2 rings (SSSR count). The van der Waals surface area contributed by atoms with E-state index >= 15 is 0 Å². The molecule has 1 aromatic carbocycles. The molecule has 0 aromatic heterocycles. The third-order valence-corrected chi connectivity index (χ3v) is 4.90. The number of nitrogens with one attached hydrogen (secondary N) is 2. The minimum atomic E-state index is -0.589. The lowest BCUT2D eigenvalue weighted by molar-refractivity contribution is -0.124. The van der Waals surface area contributed by atoms with Gasteiger partial charge in [0, 0.05) is 25.7 Å². The Balaban J connectivity index is 1.83. The van der Waals surface area contributed by atoms with E-state index in [-0.39, 0.29) is 17.9 Å². The molecule has 0 aliphatic carbocycles. The zero-order chi connectivity index (χ0) is 21.4. The summed E-state index contributed by atoms with van der Waals surface area (Å²) in [7, 11) is 0. The van der Waals surface area contributed by atoms with Crippen LogP contribution in [0.2, 0.25) is 0 Å². The Morgan fingerprint density at radius 2 is 1.76 bits per heavy atom. The molecule has 1 aromatic rings. The molecule has 6 nitrogen and oxygen atoms in total. The van der Waals surface area contributed by atoms with Crippen LogP contribution in [0.3, 0.4) is 0 Å². The molecule has 1 aliphatic rings. The fourth-order valence-electron chi connectivity index (χ4n) is 3.53. The summed E-state index contributed by atoms with van der Waals surface area (Å²) in [6, 6.07) is 10.0. The topological polar surface area (TPSA) is 70.7 Å². The maximum absolute atomic E-state index is 12.8. The van der Waals surface area contributed by atoms with Crippen molar-refractivity contribution in [3.05, 3.63) is 35.9 Å². The summed E-state index contributed by atoms with van der Waals surface area (Å²) in [5.41, 5.74) is 0.725. The minimum absolute atomic E-state index is 0.119. The van der Waals surface area contributed by atoms with Gasteiger partial charge in [0.1, 0.15) is 11.6 Å². The summed E-state index contributed by atoms with van der Waals surface area (Å²) in [4.78, 5) is 27.4. The van der Waals surface area contributed by atoms with E-state index in [2.05, 4.69) is 39.8 Å². The number of ether oxygens (including phenoxy) is 1. The molecule has 1 fully saturated rings. The quantitative estimate of drug-likeness (QED) is 0.728. The molecule has 6 heteroatoms. The predicted octanol–water partition coefficient (Wildman–Crippen LogP) is 3.71. The lowest BCUT2D eigenvalue weighted by Crippen LogP contribution is -2.53. The first-order valence-electron chi connectivity index (χ1n) is 10.7. The largest absolute Gasteiger partial charge is 0.444 e. The van der Waals surface area contributed by atoms with Gasteiger partial charge in [-0.1, -0.05) is 44.2 Å². The lowest BCUT2D eigenvalue weighted by atomic mass is 10.0. The number of hydrogen-bond acceptors (Lipinski definition) is 4. The number of alkyl carbamates (subject to hydrolysis) is 1. The molecule has 1 unspecified atom stereocenters. The molecule has 0 saturated carbocycles. The van der Waals surface area contributed by atoms with Crippen LogP contribution in [0.1, 0.15) is 59.4 Å². The van der Waals surface area contributed by atoms with Crippen LogP contribution in [0.5, 0.6) is 0 Å². The maximum Gasteiger partial charge on any atom is 0.408 e. The highest BCUT2D eigenvalue weighted by atomic mass is 16.6. The molecule has 2 amide bonds. The van der Waals surface area contributed by atoms with E-state index in [1.165, 1.54) is 5.56 Å². The van der Waals surface area contributed by atoms with Gasteiger partial charge in [-0.05, 0) is 51.5 Å². The number of amides is 2. The number of hydrogen-bond donors (Lipinski definition) is 2. The SMILES string of the molecule is CC(C)CC(NC(=O)OC(C)(C)C)C(=O)NC1CCN(Cc2ccccc2)CC1. The molecular weight excluding hydrogens is 366 g/mol. The van der Waals surface area contributed by atoms with Gasteiger partial charge in [0.05, 0.1) is 0 Å². The molecule has 0 radical (unpaired) electrons. The monoisotopic (exact) mass is 403 g/mol. The molecule has 1 aliphatic heterocycles. The average Bonchev–Trinajstić information content (AvgIpc) is 2.61. The van der Waals surface area contributed by atoms with Crippen molar-refractivity contribution in [1.82, 2.24) is 15.5 Å². The second kappa shape index (κ2) is 10.6. The Morgan fingerprint density at radius 3 is 2.31 bits per heavy atom. The highest BCUT2D eigenvalue weighted by Crippen LogP contribution is 2.15. The van der Waals surface area contributed by atoms with Gasteiger partial charge in [-0.15, -0.1) is 0 Å². The van der Waals surface area contributed by atoms with Gasteiger partial charge in [0.15, 0.2) is 0 Å². The standard InChI is InChI=1S/C23H37N3O3/c1-17(2)15-20(25-22(28)29-23(3,4)5)21(27)24-19-11-13-26(14-12-19)16-18-9-7-6-8-10-18/h6-10,17,19-20H,11-16H2,1-5H3,(H,24,27)(H,25,28). The van der Waals surface area contributed by atoms with Crippen molar-refractivity contribution in [1.29, 1.82) is 0 Å². The van der Waals surface area contributed by atoms with Gasteiger partial charge >= 0.3 is 6.09 Å². The summed E-state index contributed by atoms with van der Waals surface area (Å²) in [6.45, 7) is 12.4. The minimum Gasteiger partial charge on any atom is -0.444 e. The second-order valence-corrected chi connectivity index (χ2v) is 9.37. The summed E-state index contributed by atoms with van der Waals surface area (Å²) in [6.07, 6.45) is 1.87. The Morgan fingerprint density at radius 1 is 1.14 bits per heavy atom. The van der Waals surface area contributed by atoms with Gasteiger partial charge in [0.2, 0.25) is 5.91 Å². The molecule has 29 heavy (non-hydrogen) atoms. The normalized spacial score (nSPS) is 17.0. The fourth-order valence-corrected chi connectivity index (χ4v) is 3.53. The zero-order valence-electron chi connectivity index (χ0n) is 18.5. The summed E-state index contributed by atoms with van der Waals surface area (Å²) < 4.78 is 5.32. The van der Waals surface area contributed by atoms with Crippen molar-refractivity contribution in [2.75, 3.05) is 13.1 Å². The van der Waals surface area contributed by atoms with Crippen molar-refractivity contribution >= 4 is 12.0 Å². The van der Waals surface area contributed by atoms with Gasteiger partial charge < -0.3 is 15.4 Å². The number of nitrogens with zero attached hydrogens (tertiary/aromatic N) is 1. The molecule has 1 atom stereocenters. The highest BCUT2D eigenvalue weighted by molar-refractivity contribution is 5.85. The fraction of sp³-hybridized carbons (Fsp3) is 0.652.